The molecule has 3 aromatic heterocycles. The Morgan fingerprint density at radius 1 is 1.03 bits per heavy atom. The molecule has 1 saturated heterocycles. The van der Waals surface area contributed by atoms with Gasteiger partial charge in [-0.1, -0.05) is 18.2 Å². The second-order valence-electron chi connectivity index (χ2n) is 8.14. The molecule has 180 valence electrons. The average molecular weight is 481 g/mol. The molecule has 4 heterocycles. The molecular formula is C24H22F3N7O. The molecule has 4 aromatic rings. The summed E-state index contributed by atoms with van der Waals surface area (Å²) in [6.07, 6.45) is -1.87. The summed E-state index contributed by atoms with van der Waals surface area (Å²) >= 11 is 0. The van der Waals surface area contributed by atoms with Gasteiger partial charge in [-0.15, -0.1) is 0 Å². The maximum Gasteiger partial charge on any atom is 0.417 e. The van der Waals surface area contributed by atoms with Crippen molar-refractivity contribution in [1.82, 2.24) is 19.9 Å². The number of aromatic nitrogens is 4. The number of alkyl halides is 3. The number of hydrogen-bond acceptors (Lipinski definition) is 8. The molecule has 1 aromatic carbocycles. The Balaban J connectivity index is 1.65. The van der Waals surface area contributed by atoms with Gasteiger partial charge < -0.3 is 20.7 Å². The van der Waals surface area contributed by atoms with Gasteiger partial charge in [0.25, 0.3) is 0 Å². The lowest BCUT2D eigenvalue weighted by atomic mass is 10.0. The maximum absolute atomic E-state index is 13.9. The number of morpholine rings is 1. The van der Waals surface area contributed by atoms with Gasteiger partial charge in [0.05, 0.1) is 41.9 Å². The Bertz CT molecular complexity index is 1390. The molecule has 0 spiro atoms. The first kappa shape index (κ1) is 22.8. The lowest BCUT2D eigenvalue weighted by Crippen LogP contribution is -2.37. The van der Waals surface area contributed by atoms with Crippen molar-refractivity contribution in [3.63, 3.8) is 0 Å². The number of ether oxygens (including phenoxy) is 1. The van der Waals surface area contributed by atoms with Gasteiger partial charge in [0, 0.05) is 35.8 Å². The first-order valence-corrected chi connectivity index (χ1v) is 11.0. The van der Waals surface area contributed by atoms with Gasteiger partial charge in [-0.2, -0.15) is 18.2 Å². The number of para-hydroxylation sites is 1. The van der Waals surface area contributed by atoms with Crippen LogP contribution in [0.25, 0.3) is 22.2 Å². The van der Waals surface area contributed by atoms with E-state index in [9.17, 15) is 13.2 Å². The monoisotopic (exact) mass is 481 g/mol. The number of halogens is 3. The first-order valence-electron chi connectivity index (χ1n) is 11.0. The second kappa shape index (κ2) is 8.99. The third-order valence-electron chi connectivity index (χ3n) is 5.77. The summed E-state index contributed by atoms with van der Waals surface area (Å²) in [7, 11) is 0. The molecule has 1 aliphatic rings. The van der Waals surface area contributed by atoms with E-state index in [4.69, 9.17) is 10.5 Å². The van der Waals surface area contributed by atoms with Crippen LogP contribution in [0.2, 0.25) is 0 Å². The van der Waals surface area contributed by atoms with Crippen molar-refractivity contribution in [3.05, 3.63) is 59.9 Å². The van der Waals surface area contributed by atoms with Gasteiger partial charge >= 0.3 is 6.18 Å². The lowest BCUT2D eigenvalue weighted by molar-refractivity contribution is -0.137. The van der Waals surface area contributed by atoms with E-state index < -0.39 is 11.7 Å². The lowest BCUT2D eigenvalue weighted by Gasteiger charge is -2.28. The molecule has 8 nitrogen and oxygen atoms in total. The van der Waals surface area contributed by atoms with E-state index in [1.807, 2.05) is 35.2 Å². The standard InChI is InChI=1S/C24H22F3N7O/c1-14-21(17-13-30-20(28)11-18(17)24(25,26)27)32-23(34-6-8-35-9-7-34)33-22(14)31-16-10-15-4-2-3-5-19(15)29-12-16/h2-5,10-13H,6-9H2,1H3,(H2,28,30)(H,31,32,33). The minimum absolute atomic E-state index is 0.123. The molecule has 0 amide bonds. The van der Waals surface area contributed by atoms with Gasteiger partial charge in [0.2, 0.25) is 5.95 Å². The van der Waals surface area contributed by atoms with E-state index >= 15 is 0 Å². The van der Waals surface area contributed by atoms with Crippen LogP contribution in [0.4, 0.5) is 36.4 Å². The number of pyridine rings is 2. The second-order valence-corrected chi connectivity index (χ2v) is 8.14. The Morgan fingerprint density at radius 2 is 1.80 bits per heavy atom. The number of nitrogens with one attached hydrogen (secondary N) is 1. The minimum Gasteiger partial charge on any atom is -0.384 e. The fourth-order valence-electron chi connectivity index (χ4n) is 3.96. The van der Waals surface area contributed by atoms with Crippen molar-refractivity contribution in [1.29, 1.82) is 0 Å². The number of hydrogen-bond donors (Lipinski definition) is 2. The number of fused-ring (bicyclic) bond motifs is 1. The van der Waals surface area contributed by atoms with Crippen LogP contribution in [-0.2, 0) is 10.9 Å². The molecule has 0 aliphatic carbocycles. The van der Waals surface area contributed by atoms with E-state index in [2.05, 4.69) is 25.3 Å². The molecular weight excluding hydrogens is 459 g/mol. The van der Waals surface area contributed by atoms with Gasteiger partial charge in [-0.3, -0.25) is 4.98 Å². The van der Waals surface area contributed by atoms with E-state index in [1.165, 1.54) is 0 Å². The molecule has 3 N–H and O–H groups in total. The van der Waals surface area contributed by atoms with Crippen LogP contribution in [0, 0.1) is 6.92 Å². The molecule has 0 radical (unpaired) electrons. The van der Waals surface area contributed by atoms with Gasteiger partial charge in [-0.05, 0) is 25.1 Å². The number of nitrogens with zero attached hydrogens (tertiary/aromatic N) is 5. The van der Waals surface area contributed by atoms with Crippen molar-refractivity contribution in [3.8, 4) is 11.3 Å². The molecule has 0 unspecified atom stereocenters. The maximum atomic E-state index is 13.9. The van der Waals surface area contributed by atoms with Crippen LogP contribution in [0.3, 0.4) is 0 Å². The Labute approximate surface area is 199 Å². The van der Waals surface area contributed by atoms with Crippen LogP contribution >= 0.6 is 0 Å². The molecule has 11 heteroatoms. The van der Waals surface area contributed by atoms with Crippen molar-refractivity contribution in [2.24, 2.45) is 0 Å². The predicted octanol–water partition coefficient (Wildman–Crippen LogP) is 4.58. The van der Waals surface area contributed by atoms with Crippen molar-refractivity contribution in [2.45, 2.75) is 13.1 Å². The van der Waals surface area contributed by atoms with E-state index in [-0.39, 0.29) is 17.1 Å². The third kappa shape index (κ3) is 4.67. The average Bonchev–Trinajstić information content (AvgIpc) is 2.85. The Morgan fingerprint density at radius 3 is 2.57 bits per heavy atom. The molecule has 0 atom stereocenters. The number of benzene rings is 1. The van der Waals surface area contributed by atoms with Crippen LogP contribution < -0.4 is 16.0 Å². The normalized spacial score (nSPS) is 14.3. The first-order chi connectivity index (χ1) is 16.8. The zero-order chi connectivity index (χ0) is 24.6. The third-order valence-corrected chi connectivity index (χ3v) is 5.77. The topological polar surface area (TPSA) is 102 Å². The summed E-state index contributed by atoms with van der Waals surface area (Å²) in [5.74, 6) is 0.454. The van der Waals surface area contributed by atoms with Crippen LogP contribution in [0.1, 0.15) is 11.1 Å². The Hall–Kier alpha value is -3.99. The quantitative estimate of drug-likeness (QED) is 0.437. The van der Waals surface area contributed by atoms with E-state index in [0.29, 0.717) is 49.3 Å². The summed E-state index contributed by atoms with van der Waals surface area (Å²) in [5, 5.41) is 4.14. The smallest absolute Gasteiger partial charge is 0.384 e. The van der Waals surface area contributed by atoms with Gasteiger partial charge in [-0.25, -0.2) is 9.97 Å². The summed E-state index contributed by atoms with van der Waals surface area (Å²) in [6.45, 7) is 3.66. The highest BCUT2D eigenvalue weighted by Gasteiger charge is 2.35. The number of anilines is 4. The molecule has 0 saturated carbocycles. The SMILES string of the molecule is Cc1c(Nc2cnc3ccccc3c2)nc(N2CCOCC2)nc1-c1cnc(N)cc1C(F)(F)F. The minimum atomic E-state index is -4.64. The van der Waals surface area contributed by atoms with Crippen LogP contribution in [0.5, 0.6) is 0 Å². The van der Waals surface area contributed by atoms with Crippen molar-refractivity contribution < 1.29 is 17.9 Å². The fraction of sp³-hybridized carbons (Fsp3) is 0.250. The highest BCUT2D eigenvalue weighted by molar-refractivity contribution is 5.83. The van der Waals surface area contributed by atoms with Crippen molar-refractivity contribution >= 4 is 34.2 Å². The number of nitrogens with two attached hydrogens (primary N) is 1. The van der Waals surface area contributed by atoms with Gasteiger partial charge in [0.15, 0.2) is 0 Å². The molecule has 35 heavy (non-hydrogen) atoms. The van der Waals surface area contributed by atoms with Crippen molar-refractivity contribution in [2.75, 3.05) is 42.3 Å². The molecule has 0 bridgehead atoms. The van der Waals surface area contributed by atoms with Crippen LogP contribution in [0.15, 0.2) is 48.8 Å². The fourth-order valence-corrected chi connectivity index (χ4v) is 3.96. The van der Waals surface area contributed by atoms with E-state index in [0.717, 1.165) is 23.2 Å². The van der Waals surface area contributed by atoms with E-state index in [1.54, 1.807) is 13.1 Å². The number of nitrogen functional groups attached to an aromatic ring is 1. The summed E-state index contributed by atoms with van der Waals surface area (Å²) < 4.78 is 47.2. The Kier molecular flexibility index (Phi) is 5.85. The van der Waals surface area contributed by atoms with Crippen LogP contribution in [-0.4, -0.2) is 46.2 Å². The predicted molar refractivity (Wildman–Crippen MR) is 127 cm³/mol. The highest BCUT2D eigenvalue weighted by atomic mass is 19.4. The highest BCUT2D eigenvalue weighted by Crippen LogP contribution is 2.39. The van der Waals surface area contributed by atoms with Gasteiger partial charge in [0.1, 0.15) is 11.6 Å². The molecule has 5 rings (SSSR count). The summed E-state index contributed by atoms with van der Waals surface area (Å²) in [6, 6.07) is 10.4. The zero-order valence-corrected chi connectivity index (χ0v) is 18.8. The molecule has 1 fully saturated rings. The molecule has 1 aliphatic heterocycles. The summed E-state index contributed by atoms with van der Waals surface area (Å²) in [4.78, 5) is 19.5. The summed E-state index contributed by atoms with van der Waals surface area (Å²) in [5.41, 5.74) is 6.55. The zero-order valence-electron chi connectivity index (χ0n) is 18.8. The largest absolute Gasteiger partial charge is 0.417 e. The number of rotatable bonds is 4.